The van der Waals surface area contributed by atoms with Crippen molar-refractivity contribution in [3.8, 4) is 11.5 Å². The van der Waals surface area contributed by atoms with Gasteiger partial charge in [-0.1, -0.05) is 6.07 Å². The van der Waals surface area contributed by atoms with Crippen LogP contribution in [0.25, 0.3) is 0 Å². The molecule has 0 fully saturated rings. The van der Waals surface area contributed by atoms with E-state index in [-0.39, 0.29) is 12.5 Å². The van der Waals surface area contributed by atoms with Crippen LogP contribution in [0.2, 0.25) is 0 Å². The molecule has 0 heterocycles. The number of aryl methyl sites for hydroxylation is 1. The molecule has 0 atom stereocenters. The van der Waals surface area contributed by atoms with Crippen molar-refractivity contribution in [2.75, 3.05) is 18.5 Å². The summed E-state index contributed by atoms with van der Waals surface area (Å²) in [7, 11) is 0. The summed E-state index contributed by atoms with van der Waals surface area (Å²) in [5, 5.41) is 2.77. The van der Waals surface area contributed by atoms with Crippen molar-refractivity contribution >= 4 is 33.8 Å². The molecule has 0 saturated carbocycles. The molecule has 1 amide bonds. The lowest BCUT2D eigenvalue weighted by Gasteiger charge is -2.13. The summed E-state index contributed by atoms with van der Waals surface area (Å²) in [5.41, 5.74) is 2.25. The molecule has 0 aromatic heterocycles. The number of carbonyl (C=O) groups excluding carboxylic acids is 2. The molecule has 6 heteroatoms. The van der Waals surface area contributed by atoms with Crippen molar-refractivity contribution in [2.45, 2.75) is 13.8 Å². The fourth-order valence-electron chi connectivity index (χ4n) is 2.04. The molecule has 2 rings (SSSR count). The SMILES string of the molecule is CCOc1cc(C=O)ccc1OCC(=O)Nc1ccc(C)cc1Br. The number of rotatable bonds is 7. The smallest absolute Gasteiger partial charge is 0.262 e. The van der Waals surface area contributed by atoms with Crippen LogP contribution in [0.4, 0.5) is 5.69 Å². The number of carbonyl (C=O) groups is 2. The summed E-state index contributed by atoms with van der Waals surface area (Å²) < 4.78 is 11.8. The van der Waals surface area contributed by atoms with Gasteiger partial charge in [0, 0.05) is 10.0 Å². The topological polar surface area (TPSA) is 64.6 Å². The Labute approximate surface area is 149 Å². The van der Waals surface area contributed by atoms with E-state index >= 15 is 0 Å². The summed E-state index contributed by atoms with van der Waals surface area (Å²) in [6.45, 7) is 4.07. The van der Waals surface area contributed by atoms with Crippen LogP contribution in [-0.4, -0.2) is 25.4 Å². The first-order valence-corrected chi connectivity index (χ1v) is 8.23. The van der Waals surface area contributed by atoms with E-state index in [4.69, 9.17) is 9.47 Å². The summed E-state index contributed by atoms with van der Waals surface area (Å²) in [5.74, 6) is 0.563. The number of aldehydes is 1. The van der Waals surface area contributed by atoms with Gasteiger partial charge in [-0.3, -0.25) is 9.59 Å². The second kappa shape index (κ2) is 8.49. The number of halogens is 1. The Hall–Kier alpha value is -2.34. The molecule has 1 N–H and O–H groups in total. The molecule has 0 aliphatic heterocycles. The second-order valence-corrected chi connectivity index (χ2v) is 5.93. The van der Waals surface area contributed by atoms with Crippen LogP contribution in [0.15, 0.2) is 40.9 Å². The molecule has 0 unspecified atom stereocenters. The van der Waals surface area contributed by atoms with Crippen LogP contribution in [0, 0.1) is 6.92 Å². The third kappa shape index (κ3) is 4.83. The molecule has 0 radical (unpaired) electrons. The summed E-state index contributed by atoms with van der Waals surface area (Å²) in [6.07, 6.45) is 0.730. The van der Waals surface area contributed by atoms with Gasteiger partial charge in [-0.2, -0.15) is 0 Å². The van der Waals surface area contributed by atoms with Crippen LogP contribution in [0.5, 0.6) is 11.5 Å². The zero-order valence-corrected chi connectivity index (χ0v) is 15.1. The molecule has 24 heavy (non-hydrogen) atoms. The van der Waals surface area contributed by atoms with Crippen LogP contribution < -0.4 is 14.8 Å². The highest BCUT2D eigenvalue weighted by Gasteiger charge is 2.10. The largest absolute Gasteiger partial charge is 0.490 e. The first-order valence-electron chi connectivity index (χ1n) is 7.44. The fourth-order valence-corrected chi connectivity index (χ4v) is 2.63. The highest BCUT2D eigenvalue weighted by atomic mass is 79.9. The number of benzene rings is 2. The van der Waals surface area contributed by atoms with E-state index in [0.29, 0.717) is 29.4 Å². The zero-order chi connectivity index (χ0) is 17.5. The highest BCUT2D eigenvalue weighted by molar-refractivity contribution is 9.10. The summed E-state index contributed by atoms with van der Waals surface area (Å²) in [4.78, 5) is 22.9. The van der Waals surface area contributed by atoms with Crippen molar-refractivity contribution in [3.05, 3.63) is 52.0 Å². The first kappa shape index (κ1) is 18.0. The summed E-state index contributed by atoms with van der Waals surface area (Å²) >= 11 is 3.41. The quantitative estimate of drug-likeness (QED) is 0.724. The molecule has 126 valence electrons. The van der Waals surface area contributed by atoms with Crippen LogP contribution >= 0.6 is 15.9 Å². The van der Waals surface area contributed by atoms with Gasteiger partial charge < -0.3 is 14.8 Å². The van der Waals surface area contributed by atoms with Crippen molar-refractivity contribution in [1.82, 2.24) is 0 Å². The lowest BCUT2D eigenvalue weighted by molar-refractivity contribution is -0.118. The third-order valence-electron chi connectivity index (χ3n) is 3.16. The molecule has 0 saturated heterocycles. The monoisotopic (exact) mass is 391 g/mol. The van der Waals surface area contributed by atoms with E-state index in [9.17, 15) is 9.59 Å². The number of hydrogen-bond acceptors (Lipinski definition) is 4. The van der Waals surface area contributed by atoms with Crippen molar-refractivity contribution < 1.29 is 19.1 Å². The predicted octanol–water partition coefficient (Wildman–Crippen LogP) is 3.99. The first-order chi connectivity index (χ1) is 11.5. The normalized spacial score (nSPS) is 10.1. The van der Waals surface area contributed by atoms with Crippen molar-refractivity contribution in [1.29, 1.82) is 0 Å². The van der Waals surface area contributed by atoms with Gasteiger partial charge in [-0.05, 0) is 65.7 Å². The average Bonchev–Trinajstić information content (AvgIpc) is 2.56. The Kier molecular flexibility index (Phi) is 6.37. The molecule has 5 nitrogen and oxygen atoms in total. The second-order valence-electron chi connectivity index (χ2n) is 5.08. The van der Waals surface area contributed by atoms with E-state index in [2.05, 4.69) is 21.2 Å². The number of amides is 1. The lowest BCUT2D eigenvalue weighted by atomic mass is 10.2. The molecule has 0 spiro atoms. The van der Waals surface area contributed by atoms with Crippen LogP contribution in [0.3, 0.4) is 0 Å². The van der Waals surface area contributed by atoms with Crippen LogP contribution in [-0.2, 0) is 4.79 Å². The lowest BCUT2D eigenvalue weighted by Crippen LogP contribution is -2.20. The average molecular weight is 392 g/mol. The number of hydrogen-bond donors (Lipinski definition) is 1. The minimum Gasteiger partial charge on any atom is -0.490 e. The zero-order valence-electron chi connectivity index (χ0n) is 13.5. The number of nitrogens with one attached hydrogen (secondary N) is 1. The maximum Gasteiger partial charge on any atom is 0.262 e. The van der Waals surface area contributed by atoms with Crippen molar-refractivity contribution in [2.24, 2.45) is 0 Å². The fraction of sp³-hybridized carbons (Fsp3) is 0.222. The van der Waals surface area contributed by atoms with E-state index in [1.54, 1.807) is 18.2 Å². The maximum atomic E-state index is 12.1. The molecule has 2 aromatic rings. The summed E-state index contributed by atoms with van der Waals surface area (Å²) in [6, 6.07) is 10.5. The number of anilines is 1. The molecular formula is C18H18BrNO4. The minimum absolute atomic E-state index is 0.166. The molecule has 0 aliphatic rings. The van der Waals surface area contributed by atoms with Gasteiger partial charge in [-0.15, -0.1) is 0 Å². The molecule has 2 aromatic carbocycles. The third-order valence-corrected chi connectivity index (χ3v) is 3.82. The Morgan fingerprint density at radius 3 is 2.62 bits per heavy atom. The van der Waals surface area contributed by atoms with E-state index < -0.39 is 0 Å². The van der Waals surface area contributed by atoms with Gasteiger partial charge in [0.05, 0.1) is 12.3 Å². The Morgan fingerprint density at radius 2 is 1.96 bits per heavy atom. The van der Waals surface area contributed by atoms with Gasteiger partial charge in [-0.25, -0.2) is 0 Å². The number of ether oxygens (including phenoxy) is 2. The van der Waals surface area contributed by atoms with Gasteiger partial charge >= 0.3 is 0 Å². The highest BCUT2D eigenvalue weighted by Crippen LogP contribution is 2.28. The Bertz CT molecular complexity index is 746. The standard InChI is InChI=1S/C18H18BrNO4/c1-3-23-17-9-13(10-21)5-7-16(17)24-11-18(22)20-15-6-4-12(2)8-14(15)19/h4-10H,3,11H2,1-2H3,(H,20,22). The maximum absolute atomic E-state index is 12.1. The molecule has 0 bridgehead atoms. The Balaban J connectivity index is 2.02. The van der Waals surface area contributed by atoms with Crippen molar-refractivity contribution in [3.63, 3.8) is 0 Å². The molecular weight excluding hydrogens is 374 g/mol. The molecule has 0 aliphatic carbocycles. The van der Waals surface area contributed by atoms with Gasteiger partial charge in [0.25, 0.3) is 5.91 Å². The van der Waals surface area contributed by atoms with Gasteiger partial charge in [0.2, 0.25) is 0 Å². The van der Waals surface area contributed by atoms with Gasteiger partial charge in [0.1, 0.15) is 6.29 Å². The van der Waals surface area contributed by atoms with E-state index in [1.165, 1.54) is 0 Å². The van der Waals surface area contributed by atoms with Crippen LogP contribution in [0.1, 0.15) is 22.8 Å². The predicted molar refractivity (Wildman–Crippen MR) is 96.0 cm³/mol. The Morgan fingerprint density at radius 1 is 1.17 bits per heavy atom. The van der Waals surface area contributed by atoms with Gasteiger partial charge in [0.15, 0.2) is 18.1 Å². The van der Waals surface area contributed by atoms with E-state index in [0.717, 1.165) is 16.3 Å². The van der Waals surface area contributed by atoms with E-state index in [1.807, 2.05) is 32.0 Å². The minimum atomic E-state index is -0.290.